The summed E-state index contributed by atoms with van der Waals surface area (Å²) in [7, 11) is 0. The summed E-state index contributed by atoms with van der Waals surface area (Å²) in [4.78, 5) is 19.7. The topological polar surface area (TPSA) is 47.4 Å². The molecule has 0 spiro atoms. The third-order valence-electron chi connectivity index (χ3n) is 6.30. The van der Waals surface area contributed by atoms with Crippen molar-refractivity contribution in [2.24, 2.45) is 0 Å². The zero-order valence-corrected chi connectivity index (χ0v) is 20.3. The number of anilines is 1. The number of halogens is 1. The molecule has 1 atom stereocenters. The third-order valence-corrected chi connectivity index (χ3v) is 6.55. The van der Waals surface area contributed by atoms with Gasteiger partial charge in [0.05, 0.1) is 17.6 Å². The van der Waals surface area contributed by atoms with Gasteiger partial charge in [0.15, 0.2) is 0 Å². The zero-order valence-electron chi connectivity index (χ0n) is 19.5. The lowest BCUT2D eigenvalue weighted by Crippen LogP contribution is -2.24. The Labute approximate surface area is 204 Å². The van der Waals surface area contributed by atoms with E-state index in [9.17, 15) is 4.79 Å². The molecule has 1 fully saturated rings. The van der Waals surface area contributed by atoms with E-state index < -0.39 is 0 Å². The number of hydrogen-bond acceptors (Lipinski definition) is 3. The van der Waals surface area contributed by atoms with Crippen molar-refractivity contribution in [2.75, 3.05) is 18.1 Å². The lowest BCUT2D eigenvalue weighted by Gasteiger charge is -2.17. The van der Waals surface area contributed by atoms with Crippen LogP contribution in [0.3, 0.4) is 0 Å². The van der Waals surface area contributed by atoms with Crippen molar-refractivity contribution in [3.05, 3.63) is 88.7 Å². The highest BCUT2D eigenvalue weighted by molar-refractivity contribution is 6.30. The van der Waals surface area contributed by atoms with Crippen LogP contribution in [-0.4, -0.2) is 28.6 Å². The molecule has 1 aromatic heterocycles. The summed E-state index contributed by atoms with van der Waals surface area (Å²) >= 11 is 6.03. The molecule has 0 bridgehead atoms. The first-order valence-corrected chi connectivity index (χ1v) is 12.1. The van der Waals surface area contributed by atoms with Crippen molar-refractivity contribution >= 4 is 34.2 Å². The Hall–Kier alpha value is -3.31. The van der Waals surface area contributed by atoms with Crippen molar-refractivity contribution in [3.63, 3.8) is 0 Å². The predicted molar refractivity (Wildman–Crippen MR) is 137 cm³/mol. The molecule has 1 saturated heterocycles. The molecule has 1 aliphatic rings. The van der Waals surface area contributed by atoms with Crippen LogP contribution >= 0.6 is 11.6 Å². The maximum absolute atomic E-state index is 12.9. The summed E-state index contributed by atoms with van der Waals surface area (Å²) in [6, 6.07) is 21.9. The highest BCUT2D eigenvalue weighted by Gasteiger charge is 2.34. The lowest BCUT2D eigenvalue weighted by atomic mass is 10.1. The molecule has 0 radical (unpaired) electrons. The molecule has 0 N–H and O–H groups in total. The maximum atomic E-state index is 12.9. The number of benzene rings is 3. The number of amides is 1. The van der Waals surface area contributed by atoms with E-state index in [2.05, 4.69) is 42.7 Å². The van der Waals surface area contributed by atoms with Crippen LogP contribution in [0.2, 0.25) is 5.02 Å². The Morgan fingerprint density at radius 3 is 2.53 bits per heavy atom. The number of carbonyl (C=O) groups excluding carboxylic acids is 1. The van der Waals surface area contributed by atoms with Gasteiger partial charge >= 0.3 is 0 Å². The first kappa shape index (κ1) is 22.5. The minimum absolute atomic E-state index is 0.0379. The van der Waals surface area contributed by atoms with Crippen molar-refractivity contribution in [2.45, 2.75) is 39.2 Å². The predicted octanol–water partition coefficient (Wildman–Crippen LogP) is 6.30. The molecule has 0 saturated carbocycles. The molecule has 4 aromatic rings. The zero-order chi connectivity index (χ0) is 23.7. The molecule has 0 aliphatic carbocycles. The second-order valence-electron chi connectivity index (χ2n) is 9.02. The number of hydrogen-bond donors (Lipinski definition) is 0. The first-order valence-electron chi connectivity index (χ1n) is 11.7. The highest BCUT2D eigenvalue weighted by atomic mass is 35.5. The van der Waals surface area contributed by atoms with Crippen molar-refractivity contribution in [3.8, 4) is 5.75 Å². The Morgan fingerprint density at radius 2 is 1.76 bits per heavy atom. The third kappa shape index (κ3) is 4.66. The van der Waals surface area contributed by atoms with Gasteiger partial charge in [0.25, 0.3) is 0 Å². The summed E-state index contributed by atoms with van der Waals surface area (Å²) in [5, 5.41) is 0.664. The Kier molecular flexibility index (Phi) is 6.29. The molecule has 2 heterocycles. The fourth-order valence-electron chi connectivity index (χ4n) is 4.82. The molecule has 1 unspecified atom stereocenters. The van der Waals surface area contributed by atoms with Crippen LogP contribution in [0.5, 0.6) is 5.75 Å². The number of carbonyl (C=O) groups is 1. The average Bonchev–Trinajstić information content (AvgIpc) is 3.37. The van der Waals surface area contributed by atoms with E-state index in [1.54, 1.807) is 0 Å². The summed E-state index contributed by atoms with van der Waals surface area (Å²) in [5.74, 6) is 2.03. The highest BCUT2D eigenvalue weighted by Crippen LogP contribution is 2.33. The molecule has 3 aromatic carbocycles. The van der Waals surface area contributed by atoms with Gasteiger partial charge in [-0.2, -0.15) is 0 Å². The van der Waals surface area contributed by atoms with E-state index >= 15 is 0 Å². The summed E-state index contributed by atoms with van der Waals surface area (Å²) in [5.41, 5.74) is 5.34. The van der Waals surface area contributed by atoms with E-state index in [0.717, 1.165) is 41.3 Å². The van der Waals surface area contributed by atoms with E-state index in [1.165, 1.54) is 11.1 Å². The van der Waals surface area contributed by atoms with E-state index in [1.807, 2.05) is 47.4 Å². The first-order chi connectivity index (χ1) is 16.5. The monoisotopic (exact) mass is 473 g/mol. The molecular formula is C28H28ClN3O2. The number of aromatic nitrogens is 2. The average molecular weight is 474 g/mol. The molecule has 5 nitrogen and oxygen atoms in total. The maximum Gasteiger partial charge on any atom is 0.227 e. The van der Waals surface area contributed by atoms with Crippen LogP contribution in [-0.2, 0) is 11.3 Å². The number of fused-ring (bicyclic) bond motifs is 1. The van der Waals surface area contributed by atoms with Crippen LogP contribution in [0, 0.1) is 13.8 Å². The molecule has 174 valence electrons. The van der Waals surface area contributed by atoms with E-state index in [-0.39, 0.29) is 11.8 Å². The Balaban J connectivity index is 1.34. The van der Waals surface area contributed by atoms with Gasteiger partial charge in [0.2, 0.25) is 5.91 Å². The van der Waals surface area contributed by atoms with Crippen molar-refractivity contribution in [1.82, 2.24) is 9.55 Å². The lowest BCUT2D eigenvalue weighted by molar-refractivity contribution is -0.117. The normalized spacial score (nSPS) is 15.9. The van der Waals surface area contributed by atoms with Gasteiger partial charge in [-0.1, -0.05) is 29.8 Å². The largest absolute Gasteiger partial charge is 0.494 e. The van der Waals surface area contributed by atoms with Crippen LogP contribution in [0.1, 0.15) is 35.7 Å². The van der Waals surface area contributed by atoms with Crippen LogP contribution in [0.15, 0.2) is 66.7 Å². The van der Waals surface area contributed by atoms with E-state index in [0.29, 0.717) is 24.6 Å². The number of aryl methyl sites for hydroxylation is 3. The van der Waals surface area contributed by atoms with Gasteiger partial charge in [-0.3, -0.25) is 4.79 Å². The van der Waals surface area contributed by atoms with Gasteiger partial charge in [0, 0.05) is 36.1 Å². The second kappa shape index (κ2) is 9.51. The van der Waals surface area contributed by atoms with Crippen LogP contribution < -0.4 is 9.64 Å². The van der Waals surface area contributed by atoms with Crippen LogP contribution in [0.25, 0.3) is 11.0 Å². The van der Waals surface area contributed by atoms with Gasteiger partial charge in [-0.15, -0.1) is 0 Å². The smallest absolute Gasteiger partial charge is 0.227 e. The van der Waals surface area contributed by atoms with Crippen molar-refractivity contribution in [1.29, 1.82) is 0 Å². The number of para-hydroxylation sites is 2. The fourth-order valence-corrected chi connectivity index (χ4v) is 4.95. The molecule has 34 heavy (non-hydrogen) atoms. The quantitative estimate of drug-likeness (QED) is 0.296. The number of nitrogens with zero attached hydrogens (tertiary/aromatic N) is 3. The van der Waals surface area contributed by atoms with Gasteiger partial charge in [-0.05, 0) is 79.9 Å². The number of imidazole rings is 1. The molecule has 6 heteroatoms. The SMILES string of the molecule is Cc1cc(C)cc(OCCCn2c(C3CC(=O)N(c4ccc(Cl)cc4)C3)nc3ccccc32)c1. The minimum Gasteiger partial charge on any atom is -0.494 e. The molecular weight excluding hydrogens is 446 g/mol. The van der Waals surface area contributed by atoms with Crippen molar-refractivity contribution < 1.29 is 9.53 Å². The Bertz CT molecular complexity index is 1310. The van der Waals surface area contributed by atoms with E-state index in [4.69, 9.17) is 21.3 Å². The number of ether oxygens (including phenoxy) is 1. The Morgan fingerprint density at radius 1 is 1.03 bits per heavy atom. The molecule has 1 aliphatic heterocycles. The second-order valence-corrected chi connectivity index (χ2v) is 9.45. The van der Waals surface area contributed by atoms with Gasteiger partial charge in [-0.25, -0.2) is 4.98 Å². The number of rotatable bonds is 7. The minimum atomic E-state index is 0.0379. The summed E-state index contributed by atoms with van der Waals surface area (Å²) in [6.45, 7) is 6.18. The summed E-state index contributed by atoms with van der Waals surface area (Å²) < 4.78 is 8.31. The van der Waals surface area contributed by atoms with Gasteiger partial charge < -0.3 is 14.2 Å². The fraction of sp³-hybridized carbons (Fsp3) is 0.286. The van der Waals surface area contributed by atoms with Gasteiger partial charge in [0.1, 0.15) is 11.6 Å². The standard InChI is InChI=1S/C28H28ClN3O2/c1-19-14-20(2)16-24(15-19)34-13-5-12-31-26-7-4-3-6-25(26)30-28(31)21-17-27(33)32(18-21)23-10-8-22(29)9-11-23/h3-4,6-11,14-16,21H,5,12-13,17-18H2,1-2H3. The molecule has 1 amide bonds. The van der Waals surface area contributed by atoms with Crippen LogP contribution in [0.4, 0.5) is 5.69 Å². The molecule has 5 rings (SSSR count). The summed E-state index contributed by atoms with van der Waals surface area (Å²) in [6.07, 6.45) is 1.30.